The van der Waals surface area contributed by atoms with Gasteiger partial charge in [-0.3, -0.25) is 4.55 Å². The zero-order chi connectivity index (χ0) is 15.6. The van der Waals surface area contributed by atoms with Gasteiger partial charge in [-0.15, -0.1) is 11.3 Å². The zero-order valence-electron chi connectivity index (χ0n) is 11.3. The minimum atomic E-state index is -4.15. The fraction of sp³-hybridized carbons (Fsp3) is 0. The summed E-state index contributed by atoms with van der Waals surface area (Å²) in [6.45, 7) is 0. The topological polar surface area (TPSA) is 63.6 Å². The standard InChI is InChI=1S/C16H12O4S2.Na.H/c17-22(18,19)16-11-10-15(21-16)12-6-8-14(9-7-12)20-13-4-2-1-3-5-13;;/h1-11H,(H,17,18,19);;. The first-order valence-electron chi connectivity index (χ1n) is 6.43. The molecular weight excluding hydrogens is 343 g/mol. The number of para-hydroxylation sites is 1. The summed E-state index contributed by atoms with van der Waals surface area (Å²) in [5.41, 5.74) is 0.861. The number of benzene rings is 2. The van der Waals surface area contributed by atoms with Gasteiger partial charge >= 0.3 is 39.7 Å². The van der Waals surface area contributed by atoms with Crippen LogP contribution in [-0.4, -0.2) is 42.5 Å². The molecule has 114 valence electrons. The second-order valence-electron chi connectivity index (χ2n) is 4.53. The van der Waals surface area contributed by atoms with Crippen LogP contribution in [0.2, 0.25) is 0 Å². The summed E-state index contributed by atoms with van der Waals surface area (Å²) in [5, 5.41) is 0. The molecule has 0 aliphatic rings. The van der Waals surface area contributed by atoms with Gasteiger partial charge in [0.15, 0.2) is 0 Å². The van der Waals surface area contributed by atoms with Crippen molar-refractivity contribution < 1.29 is 17.7 Å². The molecule has 0 spiro atoms. The molecule has 1 aromatic heterocycles. The molecule has 0 radical (unpaired) electrons. The van der Waals surface area contributed by atoms with Gasteiger partial charge < -0.3 is 4.74 Å². The van der Waals surface area contributed by atoms with Crippen LogP contribution < -0.4 is 4.74 Å². The average molecular weight is 356 g/mol. The summed E-state index contributed by atoms with van der Waals surface area (Å²) >= 11 is 1.02. The molecule has 7 heteroatoms. The minimum absolute atomic E-state index is 0. The van der Waals surface area contributed by atoms with Crippen LogP contribution in [-0.2, 0) is 10.1 Å². The molecule has 0 saturated carbocycles. The van der Waals surface area contributed by atoms with Crippen molar-refractivity contribution in [2.75, 3.05) is 0 Å². The Morgan fingerprint density at radius 2 is 1.43 bits per heavy atom. The van der Waals surface area contributed by atoms with E-state index in [9.17, 15) is 8.42 Å². The Labute approximate surface area is 160 Å². The van der Waals surface area contributed by atoms with Gasteiger partial charge in [-0.1, -0.05) is 18.2 Å². The van der Waals surface area contributed by atoms with Gasteiger partial charge in [-0.05, 0) is 54.1 Å². The Morgan fingerprint density at radius 1 is 0.826 bits per heavy atom. The average Bonchev–Trinajstić information content (AvgIpc) is 2.99. The summed E-state index contributed by atoms with van der Waals surface area (Å²) in [7, 11) is -4.15. The molecule has 0 amide bonds. The predicted octanol–water partition coefficient (Wildman–Crippen LogP) is 3.81. The fourth-order valence-corrected chi connectivity index (χ4v) is 3.60. The molecule has 3 rings (SSSR count). The van der Waals surface area contributed by atoms with Crippen LogP contribution in [0, 0.1) is 0 Å². The third kappa shape index (κ3) is 4.67. The van der Waals surface area contributed by atoms with Gasteiger partial charge in [0.05, 0.1) is 0 Å². The first-order chi connectivity index (χ1) is 10.5. The molecule has 2 aromatic carbocycles. The first kappa shape index (κ1) is 18.2. The maximum absolute atomic E-state index is 11.1. The molecular formula is C16H13NaO4S2. The molecule has 3 aromatic rings. The van der Waals surface area contributed by atoms with Gasteiger partial charge in [0.2, 0.25) is 0 Å². The van der Waals surface area contributed by atoms with E-state index in [1.54, 1.807) is 6.07 Å². The van der Waals surface area contributed by atoms with E-state index in [0.29, 0.717) is 5.75 Å². The van der Waals surface area contributed by atoms with E-state index in [1.165, 1.54) is 6.07 Å². The van der Waals surface area contributed by atoms with E-state index >= 15 is 0 Å². The summed E-state index contributed by atoms with van der Waals surface area (Å²) < 4.78 is 36.8. The second kappa shape index (κ2) is 7.61. The molecule has 4 nitrogen and oxygen atoms in total. The normalized spacial score (nSPS) is 10.8. The van der Waals surface area contributed by atoms with E-state index in [-0.39, 0.29) is 33.8 Å². The van der Waals surface area contributed by atoms with E-state index in [0.717, 1.165) is 27.5 Å². The van der Waals surface area contributed by atoms with Gasteiger partial charge in [0.25, 0.3) is 0 Å². The number of rotatable bonds is 4. The van der Waals surface area contributed by atoms with E-state index < -0.39 is 10.1 Å². The fourth-order valence-electron chi connectivity index (χ4n) is 1.93. The molecule has 0 aliphatic heterocycles. The first-order valence-corrected chi connectivity index (χ1v) is 8.69. The predicted molar refractivity (Wildman–Crippen MR) is 93.2 cm³/mol. The second-order valence-corrected chi connectivity index (χ2v) is 7.27. The van der Waals surface area contributed by atoms with E-state index in [2.05, 4.69) is 0 Å². The van der Waals surface area contributed by atoms with Crippen molar-refractivity contribution in [2.45, 2.75) is 4.21 Å². The van der Waals surface area contributed by atoms with Gasteiger partial charge in [0.1, 0.15) is 15.7 Å². The van der Waals surface area contributed by atoms with E-state index in [4.69, 9.17) is 9.29 Å². The molecule has 0 aliphatic carbocycles. The van der Waals surface area contributed by atoms with Crippen molar-refractivity contribution in [3.05, 3.63) is 66.7 Å². The summed E-state index contributed by atoms with van der Waals surface area (Å²) in [6, 6.07) is 19.8. The van der Waals surface area contributed by atoms with Crippen LogP contribution in [0.1, 0.15) is 0 Å². The van der Waals surface area contributed by atoms with Crippen molar-refractivity contribution in [1.29, 1.82) is 0 Å². The van der Waals surface area contributed by atoms with Crippen LogP contribution >= 0.6 is 11.3 Å². The number of hydrogen-bond donors (Lipinski definition) is 1. The molecule has 0 bridgehead atoms. The van der Waals surface area contributed by atoms with Crippen LogP contribution in [0.3, 0.4) is 0 Å². The molecule has 0 atom stereocenters. The third-order valence-electron chi connectivity index (χ3n) is 2.95. The monoisotopic (exact) mass is 356 g/mol. The Kier molecular flexibility index (Phi) is 6.02. The number of hydrogen-bond acceptors (Lipinski definition) is 4. The van der Waals surface area contributed by atoms with Crippen molar-refractivity contribution in [3.63, 3.8) is 0 Å². The van der Waals surface area contributed by atoms with Crippen LogP contribution in [0.4, 0.5) is 0 Å². The number of thiophene rings is 1. The molecule has 0 fully saturated rings. The summed E-state index contributed by atoms with van der Waals surface area (Å²) in [4.78, 5) is 0.763. The molecule has 1 N–H and O–H groups in total. The van der Waals surface area contributed by atoms with Crippen LogP contribution in [0.15, 0.2) is 70.9 Å². The molecule has 1 heterocycles. The van der Waals surface area contributed by atoms with Crippen molar-refractivity contribution in [2.24, 2.45) is 0 Å². The SMILES string of the molecule is O=S(=O)(O)c1ccc(-c2ccc(Oc3ccccc3)cc2)s1.[NaH]. The van der Waals surface area contributed by atoms with Gasteiger partial charge in [-0.25, -0.2) is 0 Å². The Balaban J connectivity index is 0.00000192. The maximum atomic E-state index is 11.1. The van der Waals surface area contributed by atoms with E-state index in [1.807, 2.05) is 54.6 Å². The summed E-state index contributed by atoms with van der Waals surface area (Å²) in [5.74, 6) is 1.45. The number of ether oxygens (including phenoxy) is 1. The van der Waals surface area contributed by atoms with Crippen molar-refractivity contribution in [3.8, 4) is 21.9 Å². The molecule has 23 heavy (non-hydrogen) atoms. The molecule has 0 saturated heterocycles. The quantitative estimate of drug-likeness (QED) is 0.570. The van der Waals surface area contributed by atoms with Gasteiger partial charge in [-0.2, -0.15) is 8.42 Å². The Morgan fingerprint density at radius 3 is 2.00 bits per heavy atom. The van der Waals surface area contributed by atoms with Crippen LogP contribution in [0.5, 0.6) is 11.5 Å². The summed E-state index contributed by atoms with van der Waals surface area (Å²) in [6.07, 6.45) is 0. The van der Waals surface area contributed by atoms with Crippen LogP contribution in [0.25, 0.3) is 10.4 Å². The van der Waals surface area contributed by atoms with Crippen molar-refractivity contribution >= 4 is 51.0 Å². The third-order valence-corrected chi connectivity index (χ3v) is 5.41. The molecule has 0 unspecified atom stereocenters. The van der Waals surface area contributed by atoms with Crippen molar-refractivity contribution in [1.82, 2.24) is 0 Å². The zero-order valence-corrected chi connectivity index (χ0v) is 13.0. The Hall–Kier alpha value is -1.15. The Bertz CT molecular complexity index is 872. The van der Waals surface area contributed by atoms with Gasteiger partial charge in [0, 0.05) is 4.88 Å².